The SMILES string of the molecule is COc1ccc(CNS(=O)(=O)c2ccc(/C=C/c3onc(C)c3NC(=O)C3CC3)s2)cc1. The van der Waals surface area contributed by atoms with Gasteiger partial charge in [-0.3, -0.25) is 4.79 Å². The number of aromatic nitrogens is 1. The van der Waals surface area contributed by atoms with E-state index in [0.29, 0.717) is 22.9 Å². The van der Waals surface area contributed by atoms with Crippen LogP contribution in [0, 0.1) is 12.8 Å². The second-order valence-electron chi connectivity index (χ2n) is 7.43. The first kappa shape index (κ1) is 22.3. The highest BCUT2D eigenvalue weighted by molar-refractivity contribution is 7.91. The molecule has 1 saturated carbocycles. The van der Waals surface area contributed by atoms with E-state index in [0.717, 1.165) is 34.6 Å². The lowest BCUT2D eigenvalue weighted by Gasteiger charge is -2.06. The number of anilines is 1. The molecule has 1 aliphatic rings. The van der Waals surface area contributed by atoms with Crippen molar-refractivity contribution in [3.63, 3.8) is 0 Å². The molecule has 10 heteroatoms. The Labute approximate surface area is 190 Å². The molecule has 0 atom stereocenters. The van der Waals surface area contributed by atoms with Gasteiger partial charge in [-0.1, -0.05) is 17.3 Å². The number of ether oxygens (including phenoxy) is 1. The van der Waals surface area contributed by atoms with Crippen LogP contribution in [0.2, 0.25) is 0 Å². The molecule has 168 valence electrons. The van der Waals surface area contributed by atoms with E-state index >= 15 is 0 Å². The molecule has 8 nitrogen and oxygen atoms in total. The minimum Gasteiger partial charge on any atom is -0.497 e. The summed E-state index contributed by atoms with van der Waals surface area (Å²) in [5.41, 5.74) is 1.96. The van der Waals surface area contributed by atoms with E-state index < -0.39 is 10.0 Å². The first-order valence-corrected chi connectivity index (χ1v) is 12.3. The van der Waals surface area contributed by atoms with Crippen molar-refractivity contribution >= 4 is 45.1 Å². The Morgan fingerprint density at radius 3 is 2.66 bits per heavy atom. The van der Waals surface area contributed by atoms with E-state index in [1.54, 1.807) is 50.5 Å². The van der Waals surface area contributed by atoms with Gasteiger partial charge in [-0.25, -0.2) is 13.1 Å². The van der Waals surface area contributed by atoms with Crippen LogP contribution in [0.1, 0.15) is 34.7 Å². The van der Waals surface area contributed by atoms with Crippen molar-refractivity contribution in [1.82, 2.24) is 9.88 Å². The van der Waals surface area contributed by atoms with Gasteiger partial charge in [0, 0.05) is 17.3 Å². The molecule has 0 spiro atoms. The van der Waals surface area contributed by atoms with Crippen LogP contribution >= 0.6 is 11.3 Å². The zero-order valence-electron chi connectivity index (χ0n) is 17.6. The van der Waals surface area contributed by atoms with Crippen molar-refractivity contribution in [3.05, 3.63) is 58.3 Å². The van der Waals surface area contributed by atoms with Crippen molar-refractivity contribution in [2.24, 2.45) is 5.92 Å². The average molecular weight is 474 g/mol. The van der Waals surface area contributed by atoms with Gasteiger partial charge in [-0.05, 0) is 61.7 Å². The molecule has 1 aromatic carbocycles. The van der Waals surface area contributed by atoms with Crippen LogP contribution in [0.15, 0.2) is 45.1 Å². The van der Waals surface area contributed by atoms with Crippen LogP contribution in [-0.2, 0) is 21.4 Å². The van der Waals surface area contributed by atoms with E-state index in [1.165, 1.54) is 0 Å². The van der Waals surface area contributed by atoms with Gasteiger partial charge in [-0.15, -0.1) is 11.3 Å². The zero-order chi connectivity index (χ0) is 22.7. The molecule has 2 N–H and O–H groups in total. The lowest BCUT2D eigenvalue weighted by atomic mass is 10.2. The maximum Gasteiger partial charge on any atom is 0.250 e. The summed E-state index contributed by atoms with van der Waals surface area (Å²) in [5, 5.41) is 6.79. The molecule has 3 aromatic rings. The Morgan fingerprint density at radius 1 is 1.22 bits per heavy atom. The fourth-order valence-electron chi connectivity index (χ4n) is 2.94. The number of thiophene rings is 1. The molecule has 1 fully saturated rings. The van der Waals surface area contributed by atoms with Gasteiger partial charge in [0.1, 0.15) is 21.3 Å². The second kappa shape index (κ2) is 9.27. The molecular weight excluding hydrogens is 450 g/mol. The number of methoxy groups -OCH3 is 1. The highest BCUT2D eigenvalue weighted by Crippen LogP contribution is 2.32. The van der Waals surface area contributed by atoms with E-state index in [9.17, 15) is 13.2 Å². The summed E-state index contributed by atoms with van der Waals surface area (Å²) >= 11 is 1.14. The van der Waals surface area contributed by atoms with Crippen LogP contribution in [0.4, 0.5) is 5.69 Å². The van der Waals surface area contributed by atoms with Crippen LogP contribution < -0.4 is 14.8 Å². The number of nitrogens with zero attached hydrogens (tertiary/aromatic N) is 1. The van der Waals surface area contributed by atoms with Gasteiger partial charge in [-0.2, -0.15) is 0 Å². The molecule has 0 saturated heterocycles. The number of rotatable bonds is 9. The maximum absolute atomic E-state index is 12.6. The quantitative estimate of drug-likeness (QED) is 0.485. The standard InChI is InChI=1S/C22H23N3O5S2/c1-14-21(24-22(26)16-5-6-16)19(30-25-14)11-9-18-10-12-20(31-18)32(27,28)23-13-15-3-7-17(29-2)8-4-15/h3-4,7-12,16,23H,5-6,13H2,1-2H3,(H,24,26)/b11-9+. The zero-order valence-corrected chi connectivity index (χ0v) is 19.3. The topological polar surface area (TPSA) is 111 Å². The van der Waals surface area contributed by atoms with Crippen molar-refractivity contribution in [1.29, 1.82) is 0 Å². The summed E-state index contributed by atoms with van der Waals surface area (Å²) in [5.74, 6) is 1.17. The van der Waals surface area contributed by atoms with Gasteiger partial charge >= 0.3 is 0 Å². The number of benzene rings is 1. The third kappa shape index (κ3) is 5.26. The number of hydrogen-bond acceptors (Lipinski definition) is 7. The first-order valence-electron chi connectivity index (χ1n) is 10.0. The van der Waals surface area contributed by atoms with Gasteiger partial charge < -0.3 is 14.6 Å². The van der Waals surface area contributed by atoms with Gasteiger partial charge in [0.25, 0.3) is 0 Å². The van der Waals surface area contributed by atoms with E-state index in [2.05, 4.69) is 15.2 Å². The Morgan fingerprint density at radius 2 is 1.97 bits per heavy atom. The Bertz CT molecular complexity index is 1240. The van der Waals surface area contributed by atoms with Crippen LogP contribution in [0.3, 0.4) is 0 Å². The third-order valence-electron chi connectivity index (χ3n) is 4.98. The number of carbonyl (C=O) groups excluding carboxylic acids is 1. The van der Waals surface area contributed by atoms with E-state index in [4.69, 9.17) is 9.26 Å². The predicted octanol–water partition coefficient (Wildman–Crippen LogP) is 4.05. The number of aryl methyl sites for hydroxylation is 1. The summed E-state index contributed by atoms with van der Waals surface area (Å²) in [7, 11) is -2.07. The number of amides is 1. The van der Waals surface area contributed by atoms with Crippen LogP contribution in [0.25, 0.3) is 12.2 Å². The molecule has 0 aliphatic heterocycles. The lowest BCUT2D eigenvalue weighted by Crippen LogP contribution is -2.22. The van der Waals surface area contributed by atoms with Gasteiger partial charge in [0.2, 0.25) is 15.9 Å². The van der Waals surface area contributed by atoms with E-state index in [1.807, 2.05) is 12.1 Å². The highest BCUT2D eigenvalue weighted by Gasteiger charge is 2.30. The minimum atomic E-state index is -3.65. The monoisotopic (exact) mass is 473 g/mol. The Balaban J connectivity index is 1.42. The number of sulfonamides is 1. The third-order valence-corrected chi connectivity index (χ3v) is 7.92. The molecule has 0 unspecified atom stereocenters. The Hall–Kier alpha value is -2.95. The highest BCUT2D eigenvalue weighted by atomic mass is 32.2. The second-order valence-corrected chi connectivity index (χ2v) is 10.5. The largest absolute Gasteiger partial charge is 0.497 e. The number of nitrogens with one attached hydrogen (secondary N) is 2. The number of hydrogen-bond donors (Lipinski definition) is 2. The normalized spacial score (nSPS) is 14.1. The summed E-state index contributed by atoms with van der Waals surface area (Å²) < 4.78 is 38.5. The van der Waals surface area contributed by atoms with Gasteiger partial charge in [0.05, 0.1) is 7.11 Å². The fraction of sp³-hybridized carbons (Fsp3) is 0.273. The summed E-state index contributed by atoms with van der Waals surface area (Å²) in [4.78, 5) is 12.8. The molecule has 4 rings (SSSR count). The number of carbonyl (C=O) groups is 1. The lowest BCUT2D eigenvalue weighted by molar-refractivity contribution is -0.117. The smallest absolute Gasteiger partial charge is 0.250 e. The van der Waals surface area contributed by atoms with Crippen molar-refractivity contribution < 1.29 is 22.5 Å². The molecular formula is C22H23N3O5S2. The maximum atomic E-state index is 12.6. The van der Waals surface area contributed by atoms with Crippen LogP contribution in [-0.4, -0.2) is 26.6 Å². The predicted molar refractivity (Wildman–Crippen MR) is 123 cm³/mol. The molecule has 32 heavy (non-hydrogen) atoms. The van der Waals surface area contributed by atoms with E-state index in [-0.39, 0.29) is 22.6 Å². The summed E-state index contributed by atoms with van der Waals surface area (Å²) in [6.45, 7) is 1.93. The molecule has 1 amide bonds. The van der Waals surface area contributed by atoms with Crippen LogP contribution in [0.5, 0.6) is 5.75 Å². The summed E-state index contributed by atoms with van der Waals surface area (Å²) in [6, 6.07) is 10.5. The minimum absolute atomic E-state index is 0.0293. The van der Waals surface area contributed by atoms with Gasteiger partial charge in [0.15, 0.2) is 5.76 Å². The first-order chi connectivity index (χ1) is 15.4. The fourth-order valence-corrected chi connectivity index (χ4v) is 5.23. The molecule has 2 aromatic heterocycles. The Kier molecular flexibility index (Phi) is 6.45. The summed E-state index contributed by atoms with van der Waals surface area (Å²) in [6.07, 6.45) is 5.22. The average Bonchev–Trinajstić information content (AvgIpc) is 3.44. The van der Waals surface area contributed by atoms with Crippen molar-refractivity contribution in [2.75, 3.05) is 12.4 Å². The van der Waals surface area contributed by atoms with Crippen molar-refractivity contribution in [3.8, 4) is 5.75 Å². The molecule has 0 bridgehead atoms. The molecule has 2 heterocycles. The molecule has 0 radical (unpaired) electrons. The van der Waals surface area contributed by atoms with Crippen molar-refractivity contribution in [2.45, 2.75) is 30.5 Å². The molecule has 1 aliphatic carbocycles.